The Labute approximate surface area is 111 Å². The monoisotopic (exact) mass is 288 g/mol. The van der Waals surface area contributed by atoms with Gasteiger partial charge in [0.25, 0.3) is 0 Å². The lowest BCUT2D eigenvalue weighted by Gasteiger charge is -1.98. The number of nitrogens with one attached hydrogen (secondary N) is 1. The zero-order valence-corrected chi connectivity index (χ0v) is 10.9. The van der Waals surface area contributed by atoms with Crippen molar-refractivity contribution in [3.8, 4) is 0 Å². The minimum absolute atomic E-state index is 0.132. The average molecular weight is 289 g/mol. The molecule has 0 atom stereocenters. The molecule has 2 aromatic rings. The molecule has 0 fully saturated rings. The first kappa shape index (κ1) is 12.8. The van der Waals surface area contributed by atoms with Crippen LogP contribution in [-0.2, 0) is 11.2 Å². The van der Waals surface area contributed by atoms with Crippen LogP contribution in [0.5, 0.6) is 0 Å². The van der Waals surface area contributed by atoms with Crippen LogP contribution < -0.4 is 5.32 Å². The standard InChI is InChI=1S/C9H9ClN4O3S/c1-16-8(15)6-7(10)14-9(18-6)11-3-2-5-12-4-13-17-5/h4H,2-3H2,1H3,(H,11,14). The number of halogens is 1. The summed E-state index contributed by atoms with van der Waals surface area (Å²) < 4.78 is 9.42. The summed E-state index contributed by atoms with van der Waals surface area (Å²) >= 11 is 6.95. The van der Waals surface area contributed by atoms with E-state index in [1.54, 1.807) is 0 Å². The summed E-state index contributed by atoms with van der Waals surface area (Å²) in [4.78, 5) is 19.5. The van der Waals surface area contributed by atoms with Gasteiger partial charge in [-0.2, -0.15) is 4.98 Å². The summed E-state index contributed by atoms with van der Waals surface area (Å²) in [7, 11) is 1.29. The highest BCUT2D eigenvalue weighted by Crippen LogP contribution is 2.27. The van der Waals surface area contributed by atoms with Gasteiger partial charge in [-0.05, 0) is 0 Å². The molecule has 0 saturated carbocycles. The van der Waals surface area contributed by atoms with E-state index in [0.29, 0.717) is 24.0 Å². The summed E-state index contributed by atoms with van der Waals surface area (Å²) in [6.07, 6.45) is 1.90. The predicted octanol–water partition coefficient (Wildman–Crippen LogP) is 1.62. The summed E-state index contributed by atoms with van der Waals surface area (Å²) in [6.45, 7) is 0.548. The minimum Gasteiger partial charge on any atom is -0.465 e. The van der Waals surface area contributed by atoms with Gasteiger partial charge in [-0.25, -0.2) is 9.78 Å². The van der Waals surface area contributed by atoms with Crippen molar-refractivity contribution in [2.24, 2.45) is 0 Å². The van der Waals surface area contributed by atoms with E-state index in [0.717, 1.165) is 11.3 Å². The summed E-state index contributed by atoms with van der Waals surface area (Å²) in [5.41, 5.74) is 0. The van der Waals surface area contributed by atoms with Crippen LogP contribution in [0.3, 0.4) is 0 Å². The van der Waals surface area contributed by atoms with E-state index in [1.807, 2.05) is 0 Å². The third kappa shape index (κ3) is 2.96. The second kappa shape index (κ2) is 5.78. The lowest BCUT2D eigenvalue weighted by atomic mass is 10.4. The first-order chi connectivity index (χ1) is 8.70. The van der Waals surface area contributed by atoms with Gasteiger partial charge >= 0.3 is 5.97 Å². The number of methoxy groups -OCH3 is 1. The molecule has 0 bridgehead atoms. The molecule has 2 heterocycles. The van der Waals surface area contributed by atoms with Crippen molar-refractivity contribution in [1.29, 1.82) is 0 Å². The fraction of sp³-hybridized carbons (Fsp3) is 0.333. The van der Waals surface area contributed by atoms with E-state index < -0.39 is 5.97 Å². The van der Waals surface area contributed by atoms with Gasteiger partial charge in [0, 0.05) is 13.0 Å². The molecule has 0 saturated heterocycles. The molecule has 1 N–H and O–H groups in total. The van der Waals surface area contributed by atoms with E-state index in [2.05, 4.69) is 25.2 Å². The third-order valence-electron chi connectivity index (χ3n) is 1.98. The van der Waals surface area contributed by atoms with Crippen LogP contribution in [0.2, 0.25) is 5.15 Å². The Kier molecular flexibility index (Phi) is 4.11. The quantitative estimate of drug-likeness (QED) is 0.836. The fourth-order valence-corrected chi connectivity index (χ4v) is 2.31. The highest BCUT2D eigenvalue weighted by Gasteiger charge is 2.17. The van der Waals surface area contributed by atoms with Crippen molar-refractivity contribution in [3.63, 3.8) is 0 Å². The van der Waals surface area contributed by atoms with E-state index >= 15 is 0 Å². The van der Waals surface area contributed by atoms with Crippen molar-refractivity contribution in [3.05, 3.63) is 22.2 Å². The number of aromatic nitrogens is 3. The number of ether oxygens (including phenoxy) is 1. The Balaban J connectivity index is 1.92. The molecule has 18 heavy (non-hydrogen) atoms. The van der Waals surface area contributed by atoms with Gasteiger partial charge in [0.1, 0.15) is 0 Å². The molecule has 0 radical (unpaired) electrons. The molecular weight excluding hydrogens is 280 g/mol. The van der Waals surface area contributed by atoms with Crippen LogP contribution in [0, 0.1) is 0 Å². The van der Waals surface area contributed by atoms with E-state index in [9.17, 15) is 4.79 Å². The first-order valence-electron chi connectivity index (χ1n) is 4.94. The molecule has 0 unspecified atom stereocenters. The molecule has 0 aliphatic rings. The highest BCUT2D eigenvalue weighted by molar-refractivity contribution is 7.18. The molecule has 0 aromatic carbocycles. The van der Waals surface area contributed by atoms with E-state index in [1.165, 1.54) is 13.4 Å². The fourth-order valence-electron chi connectivity index (χ4n) is 1.18. The zero-order chi connectivity index (χ0) is 13.0. The van der Waals surface area contributed by atoms with Gasteiger partial charge < -0.3 is 14.6 Å². The molecule has 9 heteroatoms. The van der Waals surface area contributed by atoms with Gasteiger partial charge in [0.15, 0.2) is 21.5 Å². The van der Waals surface area contributed by atoms with Gasteiger partial charge in [0.05, 0.1) is 7.11 Å². The average Bonchev–Trinajstić information content (AvgIpc) is 2.98. The SMILES string of the molecule is COC(=O)c1sc(NCCc2ncno2)nc1Cl. The number of carbonyl (C=O) groups is 1. The Morgan fingerprint density at radius 1 is 1.67 bits per heavy atom. The number of hydrogen-bond donors (Lipinski definition) is 1. The Morgan fingerprint density at radius 2 is 2.50 bits per heavy atom. The second-order valence-electron chi connectivity index (χ2n) is 3.14. The van der Waals surface area contributed by atoms with Crippen LogP contribution in [0.15, 0.2) is 10.9 Å². The third-order valence-corrected chi connectivity index (χ3v) is 3.36. The van der Waals surface area contributed by atoms with Crippen molar-refractivity contribution in [2.45, 2.75) is 6.42 Å². The van der Waals surface area contributed by atoms with Gasteiger partial charge in [-0.1, -0.05) is 28.1 Å². The molecule has 2 aromatic heterocycles. The molecule has 7 nitrogen and oxygen atoms in total. The lowest BCUT2D eigenvalue weighted by Crippen LogP contribution is -2.04. The molecule has 0 amide bonds. The van der Waals surface area contributed by atoms with Gasteiger partial charge in [-0.15, -0.1) is 0 Å². The van der Waals surface area contributed by atoms with Crippen LogP contribution in [0.1, 0.15) is 15.6 Å². The smallest absolute Gasteiger partial charge is 0.351 e. The zero-order valence-electron chi connectivity index (χ0n) is 9.34. The maximum atomic E-state index is 11.3. The Bertz CT molecular complexity index is 528. The van der Waals surface area contributed by atoms with Crippen LogP contribution >= 0.6 is 22.9 Å². The van der Waals surface area contributed by atoms with Crippen LogP contribution in [0.4, 0.5) is 5.13 Å². The maximum absolute atomic E-state index is 11.3. The Hall–Kier alpha value is -1.67. The molecule has 0 aliphatic heterocycles. The van der Waals surface area contributed by atoms with E-state index in [4.69, 9.17) is 16.1 Å². The maximum Gasteiger partial charge on any atom is 0.351 e. The molecule has 0 aliphatic carbocycles. The summed E-state index contributed by atoms with van der Waals surface area (Å²) in [6, 6.07) is 0. The summed E-state index contributed by atoms with van der Waals surface area (Å²) in [5.74, 6) is 0.0285. The normalized spacial score (nSPS) is 10.3. The van der Waals surface area contributed by atoms with E-state index in [-0.39, 0.29) is 10.0 Å². The molecule has 2 rings (SSSR count). The molecule has 0 spiro atoms. The number of esters is 1. The van der Waals surface area contributed by atoms with Gasteiger partial charge in [-0.3, -0.25) is 0 Å². The van der Waals surface area contributed by atoms with Crippen LogP contribution in [-0.4, -0.2) is 34.7 Å². The van der Waals surface area contributed by atoms with Crippen LogP contribution in [0.25, 0.3) is 0 Å². The molecular formula is C9H9ClN4O3S. The number of hydrogen-bond acceptors (Lipinski definition) is 8. The first-order valence-corrected chi connectivity index (χ1v) is 6.14. The van der Waals surface area contributed by atoms with Crippen molar-refractivity contribution in [2.75, 3.05) is 19.0 Å². The number of nitrogens with zero attached hydrogens (tertiary/aromatic N) is 3. The summed E-state index contributed by atoms with van der Waals surface area (Å²) in [5, 5.41) is 7.17. The topological polar surface area (TPSA) is 90.1 Å². The van der Waals surface area contributed by atoms with Crippen molar-refractivity contribution >= 4 is 34.0 Å². The number of anilines is 1. The number of rotatable bonds is 5. The number of thiazole rings is 1. The number of carbonyl (C=O) groups excluding carboxylic acids is 1. The lowest BCUT2D eigenvalue weighted by molar-refractivity contribution is 0.0606. The molecule has 96 valence electrons. The second-order valence-corrected chi connectivity index (χ2v) is 4.50. The Morgan fingerprint density at radius 3 is 3.17 bits per heavy atom. The highest BCUT2D eigenvalue weighted by atomic mass is 35.5. The largest absolute Gasteiger partial charge is 0.465 e. The van der Waals surface area contributed by atoms with Crippen molar-refractivity contribution < 1.29 is 14.1 Å². The predicted molar refractivity (Wildman–Crippen MR) is 65.0 cm³/mol. The minimum atomic E-state index is -0.498. The van der Waals surface area contributed by atoms with Gasteiger partial charge in [0.2, 0.25) is 5.89 Å². The van der Waals surface area contributed by atoms with Crippen molar-refractivity contribution in [1.82, 2.24) is 15.1 Å².